The summed E-state index contributed by atoms with van der Waals surface area (Å²) in [5, 5.41) is 7.32. The molecular weight excluding hydrogens is 1090 g/mol. The fourth-order valence-corrected chi connectivity index (χ4v) is 6.11. The van der Waals surface area contributed by atoms with Gasteiger partial charge in [0.1, 0.15) is 11.6 Å². The van der Waals surface area contributed by atoms with Crippen LogP contribution in [0.2, 0.25) is 0 Å². The highest BCUT2D eigenvalue weighted by Crippen LogP contribution is 2.19. The van der Waals surface area contributed by atoms with Gasteiger partial charge in [-0.25, -0.2) is 24.9 Å². The molecule has 6 aromatic heterocycles. The third kappa shape index (κ3) is 17.9. The van der Waals surface area contributed by atoms with E-state index in [9.17, 15) is 17.6 Å². The molecule has 6 heterocycles. The molecule has 0 aliphatic carbocycles. The molecule has 0 saturated carbocycles. The molecule has 6 rings (SSSR count). The Labute approximate surface area is 357 Å². The van der Waals surface area contributed by atoms with Gasteiger partial charge in [-0.2, -0.15) is 22.7 Å². The van der Waals surface area contributed by atoms with Gasteiger partial charge in [-0.1, -0.05) is 33.8 Å². The minimum Gasteiger partial charge on any atom is -0.325 e. The lowest BCUT2D eigenvalue weighted by atomic mass is 10.2. The van der Waals surface area contributed by atoms with Gasteiger partial charge in [0, 0.05) is 61.8 Å². The topological polar surface area (TPSA) is 94.3 Å². The Morgan fingerprint density at radius 3 is 1.62 bits per heavy atom. The van der Waals surface area contributed by atoms with E-state index in [-0.39, 0.29) is 5.95 Å². The maximum absolute atomic E-state index is 12.5. The molecule has 0 aliphatic heterocycles. The summed E-state index contributed by atoms with van der Waals surface area (Å²) in [5.41, 5.74) is 4.51. The van der Waals surface area contributed by atoms with E-state index < -0.39 is 17.8 Å². The zero-order valence-corrected chi connectivity index (χ0v) is 37.6. The van der Waals surface area contributed by atoms with E-state index in [4.69, 9.17) is 0 Å². The van der Waals surface area contributed by atoms with Crippen molar-refractivity contribution >= 4 is 95.3 Å². The van der Waals surface area contributed by atoms with Crippen LogP contribution in [-0.4, -0.2) is 34.7 Å². The number of nitrogens with one attached hydrogen (secondary N) is 1. The van der Waals surface area contributed by atoms with Crippen molar-refractivity contribution in [3.05, 3.63) is 147 Å². The van der Waals surface area contributed by atoms with Crippen LogP contribution in [0.5, 0.6) is 0 Å². The molecule has 0 amide bonds. The van der Waals surface area contributed by atoms with Crippen LogP contribution in [-0.2, 0) is 32.7 Å². The predicted molar refractivity (Wildman–Crippen MR) is 231 cm³/mol. The van der Waals surface area contributed by atoms with Crippen molar-refractivity contribution < 1.29 is 17.6 Å². The van der Waals surface area contributed by atoms with Gasteiger partial charge in [0.25, 0.3) is 0 Å². The molecule has 53 heavy (non-hydrogen) atoms. The van der Waals surface area contributed by atoms with Gasteiger partial charge in [0.05, 0.1) is 9.77 Å². The van der Waals surface area contributed by atoms with E-state index in [1.165, 1.54) is 33.5 Å². The van der Waals surface area contributed by atoms with E-state index in [1.54, 1.807) is 41.6 Å². The number of pyridine rings is 5. The highest BCUT2D eigenvalue weighted by molar-refractivity contribution is 14.1. The number of halogens is 8. The van der Waals surface area contributed by atoms with Crippen LogP contribution in [0.15, 0.2) is 90.2 Å². The van der Waals surface area contributed by atoms with Gasteiger partial charge in [0.15, 0.2) is 0 Å². The zero-order valence-electron chi connectivity index (χ0n) is 29.6. The first kappa shape index (κ1) is 46.3. The first-order valence-corrected chi connectivity index (χ1v) is 20.2. The highest BCUT2D eigenvalue weighted by atomic mass is 127. The third-order valence-electron chi connectivity index (χ3n) is 6.81. The Morgan fingerprint density at radius 2 is 1.17 bits per heavy atom. The van der Waals surface area contributed by atoms with Gasteiger partial charge in [-0.3, -0.25) is 4.68 Å². The van der Waals surface area contributed by atoms with Crippen LogP contribution in [0.4, 0.5) is 29.2 Å². The Bertz CT molecular complexity index is 1950. The van der Waals surface area contributed by atoms with Gasteiger partial charge in [-0.05, 0) is 162 Å². The van der Waals surface area contributed by atoms with Gasteiger partial charge in [0.2, 0.25) is 23.8 Å². The first-order chi connectivity index (χ1) is 25.3. The Kier molecular flexibility index (Phi) is 22.1. The van der Waals surface area contributed by atoms with Crippen molar-refractivity contribution in [2.45, 2.75) is 53.4 Å². The summed E-state index contributed by atoms with van der Waals surface area (Å²) < 4.78 is 54.3. The molecule has 282 valence electrons. The second-order valence-corrected chi connectivity index (χ2v) is 14.9. The third-order valence-corrected chi connectivity index (χ3v) is 10.0. The summed E-state index contributed by atoms with van der Waals surface area (Å²) in [7, 11) is 1.90. The fraction of sp³-hybridized carbons (Fsp3) is 0.243. The molecule has 0 bridgehead atoms. The lowest BCUT2D eigenvalue weighted by Gasteiger charge is -2.07. The minimum absolute atomic E-state index is 0.377. The number of aryl methyl sites for hydroxylation is 5. The van der Waals surface area contributed by atoms with Crippen LogP contribution in [0.1, 0.15) is 49.9 Å². The first-order valence-electron chi connectivity index (χ1n) is 16.2. The molecule has 0 unspecified atom stereocenters. The fourth-order valence-electron chi connectivity index (χ4n) is 3.74. The molecule has 0 radical (unpaired) electrons. The normalized spacial score (nSPS) is 9.91. The monoisotopic (exact) mass is 1130 g/mol. The Balaban J connectivity index is 0.000000235. The SMILES string of the molecule is CCc1ccc(F)nc1.CCc1cnc(F)c(I)c1.CCc1cnc(F)cc1I.CCc1cnc(Nc2ccnn2C)cc1I.Fc1ccc(Br)cn1. The van der Waals surface area contributed by atoms with Crippen LogP contribution in [0, 0.1) is 34.5 Å². The highest BCUT2D eigenvalue weighted by Gasteiger charge is 2.04. The van der Waals surface area contributed by atoms with E-state index in [1.807, 2.05) is 74.8 Å². The van der Waals surface area contributed by atoms with E-state index >= 15 is 0 Å². The standard InChI is InChI=1S/C11H13IN4.2C7H7FIN.C7H8FN.C5H3BrFN/c1-3-8-7-13-10(6-9(8)12)15-11-4-5-14-16(11)2;1-2-5-4-10-7(8)3-6(5)9;1-2-5-3-6(9)7(8)10-4-5;1-2-6-3-4-7(8)9-5-6;6-4-1-2-5(7)8-3-4/h4-7H,3H2,1-2H3,(H,13,15);2*3-4H,2H2,1H3;3-5H,2H2,1H3;1-3H. The summed E-state index contributed by atoms with van der Waals surface area (Å²) in [6.07, 6.45) is 13.5. The number of hydrogen-bond donors (Lipinski definition) is 1. The van der Waals surface area contributed by atoms with Crippen molar-refractivity contribution in [3.63, 3.8) is 0 Å². The van der Waals surface area contributed by atoms with Gasteiger partial charge in [-0.15, -0.1) is 0 Å². The second kappa shape index (κ2) is 25.3. The van der Waals surface area contributed by atoms with Gasteiger partial charge < -0.3 is 5.32 Å². The summed E-state index contributed by atoms with van der Waals surface area (Å²) >= 11 is 9.49. The van der Waals surface area contributed by atoms with E-state index in [0.717, 1.165) is 62.1 Å². The van der Waals surface area contributed by atoms with Crippen LogP contribution < -0.4 is 5.32 Å². The quantitative estimate of drug-likeness (QED) is 0.101. The van der Waals surface area contributed by atoms with Crippen LogP contribution in [0.3, 0.4) is 0 Å². The summed E-state index contributed by atoms with van der Waals surface area (Å²) in [5.74, 6) is 0.151. The Hall–Kier alpha value is -2.85. The molecule has 0 saturated heterocycles. The molecule has 0 spiro atoms. The minimum atomic E-state index is -0.451. The molecule has 0 aliphatic rings. The number of hydrogen-bond acceptors (Lipinski definition) is 7. The molecule has 0 aromatic carbocycles. The maximum atomic E-state index is 12.5. The maximum Gasteiger partial charge on any atom is 0.226 e. The molecule has 1 N–H and O–H groups in total. The van der Waals surface area contributed by atoms with E-state index in [2.05, 4.69) is 103 Å². The lowest BCUT2D eigenvalue weighted by molar-refractivity contribution is 0.574. The van der Waals surface area contributed by atoms with Crippen molar-refractivity contribution in [2.75, 3.05) is 5.32 Å². The predicted octanol–water partition coefficient (Wildman–Crippen LogP) is 11.3. The molecule has 16 heteroatoms. The molecular formula is C37H38BrF4I3N8. The van der Waals surface area contributed by atoms with Gasteiger partial charge >= 0.3 is 0 Å². The van der Waals surface area contributed by atoms with Crippen molar-refractivity contribution in [1.29, 1.82) is 0 Å². The molecule has 8 nitrogen and oxygen atoms in total. The molecule has 6 aromatic rings. The van der Waals surface area contributed by atoms with Crippen LogP contribution >= 0.6 is 83.7 Å². The Morgan fingerprint density at radius 1 is 0.604 bits per heavy atom. The number of anilines is 2. The summed E-state index contributed by atoms with van der Waals surface area (Å²) in [6, 6.07) is 13.2. The number of aromatic nitrogens is 7. The van der Waals surface area contributed by atoms with Crippen molar-refractivity contribution in [3.8, 4) is 0 Å². The largest absolute Gasteiger partial charge is 0.325 e. The van der Waals surface area contributed by atoms with Crippen molar-refractivity contribution in [2.24, 2.45) is 7.05 Å². The lowest BCUT2D eigenvalue weighted by Crippen LogP contribution is -2.01. The average molecular weight is 1130 g/mol. The number of nitrogens with zero attached hydrogens (tertiary/aromatic N) is 7. The smallest absolute Gasteiger partial charge is 0.226 e. The molecule has 0 atom stereocenters. The average Bonchev–Trinajstić information content (AvgIpc) is 3.55. The zero-order chi connectivity index (χ0) is 39.3. The molecule has 0 fully saturated rings. The number of rotatable bonds is 6. The van der Waals surface area contributed by atoms with E-state index in [0.29, 0.717) is 3.57 Å². The second-order valence-electron chi connectivity index (χ2n) is 10.5. The summed E-state index contributed by atoms with van der Waals surface area (Å²) in [6.45, 7) is 8.18. The van der Waals surface area contributed by atoms with Crippen molar-refractivity contribution in [1.82, 2.24) is 34.7 Å². The van der Waals surface area contributed by atoms with Crippen LogP contribution in [0.25, 0.3) is 0 Å². The summed E-state index contributed by atoms with van der Waals surface area (Å²) in [4.78, 5) is 18.3.